The normalized spacial score (nSPS) is 13.9. The fourth-order valence-corrected chi connectivity index (χ4v) is 2.61. The number of nitrogens with one attached hydrogen (secondary N) is 1. The second-order valence-electron chi connectivity index (χ2n) is 4.92. The van der Waals surface area contributed by atoms with Gasteiger partial charge in [-0.05, 0) is 37.8 Å². The Kier molecular flexibility index (Phi) is 3.07. The standard InChI is InChI=1S/C15H17N3O/c1-18-14(12-9-5-6-10-13(12)17-18)16-15(19)11-7-3-2-4-8-11/h2-4,7-8H,5-6,9-10H2,1H3,(H,16,19). The minimum atomic E-state index is -0.0722. The van der Waals surface area contributed by atoms with Crippen LogP contribution in [-0.2, 0) is 19.9 Å². The van der Waals surface area contributed by atoms with Gasteiger partial charge in [0, 0.05) is 18.2 Å². The Morgan fingerprint density at radius 3 is 2.74 bits per heavy atom. The summed E-state index contributed by atoms with van der Waals surface area (Å²) in [5.41, 5.74) is 3.02. The lowest BCUT2D eigenvalue weighted by molar-refractivity contribution is 0.102. The number of benzene rings is 1. The fraction of sp³-hybridized carbons (Fsp3) is 0.333. The molecule has 2 aromatic rings. The van der Waals surface area contributed by atoms with E-state index >= 15 is 0 Å². The molecule has 0 spiro atoms. The van der Waals surface area contributed by atoms with Crippen LogP contribution in [0.3, 0.4) is 0 Å². The summed E-state index contributed by atoms with van der Waals surface area (Å²) in [6.45, 7) is 0. The lowest BCUT2D eigenvalue weighted by atomic mass is 9.97. The van der Waals surface area contributed by atoms with Crippen LogP contribution in [0.4, 0.5) is 5.82 Å². The number of fused-ring (bicyclic) bond motifs is 1. The highest BCUT2D eigenvalue weighted by Gasteiger charge is 2.20. The summed E-state index contributed by atoms with van der Waals surface area (Å²) in [7, 11) is 1.89. The summed E-state index contributed by atoms with van der Waals surface area (Å²) in [5.74, 6) is 0.778. The molecule has 0 saturated carbocycles. The molecule has 0 bridgehead atoms. The topological polar surface area (TPSA) is 46.9 Å². The number of carbonyl (C=O) groups excluding carboxylic acids is 1. The molecule has 1 aromatic heterocycles. The van der Waals surface area contributed by atoms with Gasteiger partial charge in [-0.2, -0.15) is 5.10 Å². The Morgan fingerprint density at radius 2 is 1.95 bits per heavy atom. The maximum Gasteiger partial charge on any atom is 0.256 e. The van der Waals surface area contributed by atoms with Crippen LogP contribution in [0.15, 0.2) is 30.3 Å². The first-order chi connectivity index (χ1) is 9.25. The second kappa shape index (κ2) is 4.88. The highest BCUT2D eigenvalue weighted by Crippen LogP contribution is 2.27. The van der Waals surface area contributed by atoms with E-state index < -0.39 is 0 Å². The van der Waals surface area contributed by atoms with E-state index in [1.54, 1.807) is 4.68 Å². The number of rotatable bonds is 2. The van der Waals surface area contributed by atoms with Crippen molar-refractivity contribution in [1.82, 2.24) is 9.78 Å². The lowest BCUT2D eigenvalue weighted by Gasteiger charge is -2.12. The van der Waals surface area contributed by atoms with Crippen LogP contribution in [-0.4, -0.2) is 15.7 Å². The van der Waals surface area contributed by atoms with Crippen molar-refractivity contribution >= 4 is 11.7 Å². The summed E-state index contributed by atoms with van der Waals surface area (Å²) in [4.78, 5) is 12.2. The van der Waals surface area contributed by atoms with Gasteiger partial charge in [-0.15, -0.1) is 0 Å². The summed E-state index contributed by atoms with van der Waals surface area (Å²) in [6.07, 6.45) is 4.39. The van der Waals surface area contributed by atoms with Crippen LogP contribution in [0.5, 0.6) is 0 Å². The average Bonchev–Trinajstić information content (AvgIpc) is 2.76. The van der Waals surface area contributed by atoms with Gasteiger partial charge in [-0.25, -0.2) is 0 Å². The molecule has 0 aliphatic heterocycles. The van der Waals surface area contributed by atoms with Crippen LogP contribution in [0.25, 0.3) is 0 Å². The van der Waals surface area contributed by atoms with Crippen molar-refractivity contribution in [3.05, 3.63) is 47.2 Å². The van der Waals surface area contributed by atoms with Crippen molar-refractivity contribution in [2.24, 2.45) is 7.05 Å². The highest BCUT2D eigenvalue weighted by atomic mass is 16.1. The van der Waals surface area contributed by atoms with Gasteiger partial charge < -0.3 is 5.32 Å². The molecule has 19 heavy (non-hydrogen) atoms. The van der Waals surface area contributed by atoms with E-state index in [4.69, 9.17) is 0 Å². The van der Waals surface area contributed by atoms with E-state index in [0.29, 0.717) is 5.56 Å². The average molecular weight is 255 g/mol. The SMILES string of the molecule is Cn1nc2c(c1NC(=O)c1ccccc1)CCCC2. The number of amides is 1. The third-order valence-corrected chi connectivity index (χ3v) is 3.59. The van der Waals surface area contributed by atoms with E-state index in [0.717, 1.165) is 24.4 Å². The monoisotopic (exact) mass is 255 g/mol. The minimum absolute atomic E-state index is 0.0722. The van der Waals surface area contributed by atoms with Crippen molar-refractivity contribution < 1.29 is 4.79 Å². The maximum atomic E-state index is 12.2. The van der Waals surface area contributed by atoms with Crippen molar-refractivity contribution in [2.45, 2.75) is 25.7 Å². The van der Waals surface area contributed by atoms with Crippen molar-refractivity contribution in [3.8, 4) is 0 Å². The predicted octanol–water partition coefficient (Wildman–Crippen LogP) is 2.55. The van der Waals surface area contributed by atoms with Crippen molar-refractivity contribution in [1.29, 1.82) is 0 Å². The molecule has 0 fully saturated rings. The Morgan fingerprint density at radius 1 is 1.21 bits per heavy atom. The van der Waals surface area contributed by atoms with Crippen LogP contribution >= 0.6 is 0 Å². The Bertz CT molecular complexity index is 601. The van der Waals surface area contributed by atoms with Crippen LogP contribution in [0, 0.1) is 0 Å². The molecular formula is C15H17N3O. The number of aromatic nitrogens is 2. The number of hydrogen-bond donors (Lipinski definition) is 1. The van der Waals surface area contributed by atoms with Crippen LogP contribution in [0.1, 0.15) is 34.5 Å². The molecule has 3 rings (SSSR count). The quantitative estimate of drug-likeness (QED) is 0.896. The molecule has 4 heteroatoms. The lowest BCUT2D eigenvalue weighted by Crippen LogP contribution is -2.16. The summed E-state index contributed by atoms with van der Waals surface area (Å²) in [5, 5.41) is 7.50. The van der Waals surface area contributed by atoms with Gasteiger partial charge in [0.05, 0.1) is 5.69 Å². The summed E-state index contributed by atoms with van der Waals surface area (Å²) in [6, 6.07) is 9.28. The van der Waals surface area contributed by atoms with Gasteiger partial charge in [0.15, 0.2) is 0 Å². The van der Waals surface area contributed by atoms with Crippen LogP contribution < -0.4 is 5.32 Å². The smallest absolute Gasteiger partial charge is 0.256 e. The van der Waals surface area contributed by atoms with Gasteiger partial charge in [0.1, 0.15) is 5.82 Å². The first-order valence-electron chi connectivity index (χ1n) is 6.67. The number of nitrogens with zero attached hydrogens (tertiary/aromatic N) is 2. The van der Waals surface area contributed by atoms with E-state index in [9.17, 15) is 4.79 Å². The molecule has 0 saturated heterocycles. The van der Waals surface area contributed by atoms with Gasteiger partial charge in [-0.3, -0.25) is 9.48 Å². The number of anilines is 1. The molecule has 1 aliphatic rings. The first-order valence-corrected chi connectivity index (χ1v) is 6.67. The molecule has 0 unspecified atom stereocenters. The van der Waals surface area contributed by atoms with E-state index in [-0.39, 0.29) is 5.91 Å². The summed E-state index contributed by atoms with van der Waals surface area (Å²) >= 11 is 0. The zero-order valence-electron chi connectivity index (χ0n) is 11.0. The van der Waals surface area contributed by atoms with E-state index in [1.165, 1.54) is 18.4 Å². The third-order valence-electron chi connectivity index (χ3n) is 3.59. The molecule has 0 atom stereocenters. The first kappa shape index (κ1) is 12.0. The van der Waals surface area contributed by atoms with Crippen LogP contribution in [0.2, 0.25) is 0 Å². The predicted molar refractivity (Wildman–Crippen MR) is 74.2 cm³/mol. The molecule has 1 amide bonds. The Balaban J connectivity index is 1.88. The zero-order valence-corrected chi connectivity index (χ0v) is 11.0. The van der Waals surface area contributed by atoms with Crippen molar-refractivity contribution in [3.63, 3.8) is 0 Å². The van der Waals surface area contributed by atoms with Gasteiger partial charge in [0.25, 0.3) is 5.91 Å². The van der Waals surface area contributed by atoms with Gasteiger partial charge in [-0.1, -0.05) is 18.2 Å². The molecule has 0 radical (unpaired) electrons. The zero-order chi connectivity index (χ0) is 13.2. The fourth-order valence-electron chi connectivity index (χ4n) is 2.61. The molecule has 1 N–H and O–H groups in total. The van der Waals surface area contributed by atoms with E-state index in [2.05, 4.69) is 10.4 Å². The number of aryl methyl sites for hydroxylation is 2. The molecular weight excluding hydrogens is 238 g/mol. The summed E-state index contributed by atoms with van der Waals surface area (Å²) < 4.78 is 1.79. The van der Waals surface area contributed by atoms with Gasteiger partial charge >= 0.3 is 0 Å². The second-order valence-corrected chi connectivity index (χ2v) is 4.92. The maximum absolute atomic E-state index is 12.2. The molecule has 1 aromatic carbocycles. The number of carbonyl (C=O) groups is 1. The highest BCUT2D eigenvalue weighted by molar-refractivity contribution is 6.04. The number of hydrogen-bond acceptors (Lipinski definition) is 2. The largest absolute Gasteiger partial charge is 0.307 e. The third kappa shape index (κ3) is 2.26. The Labute approximate surface area is 112 Å². The Hall–Kier alpha value is -2.10. The van der Waals surface area contributed by atoms with Crippen molar-refractivity contribution in [2.75, 3.05) is 5.32 Å². The molecule has 1 heterocycles. The molecule has 4 nitrogen and oxygen atoms in total. The van der Waals surface area contributed by atoms with Gasteiger partial charge in [0.2, 0.25) is 0 Å². The molecule has 1 aliphatic carbocycles. The molecule has 98 valence electrons. The van der Waals surface area contributed by atoms with E-state index in [1.807, 2.05) is 37.4 Å². The minimum Gasteiger partial charge on any atom is -0.307 e.